The van der Waals surface area contributed by atoms with Crippen LogP contribution in [-0.4, -0.2) is 44.2 Å². The molecule has 0 spiro atoms. The molecule has 0 amide bonds. The van der Waals surface area contributed by atoms with Crippen LogP contribution in [0.2, 0.25) is 0 Å². The predicted molar refractivity (Wildman–Crippen MR) is 143 cm³/mol. The van der Waals surface area contributed by atoms with Gasteiger partial charge in [0, 0.05) is 30.8 Å². The van der Waals surface area contributed by atoms with Crippen LogP contribution in [0.5, 0.6) is 5.75 Å². The molecule has 4 aromatic rings. The van der Waals surface area contributed by atoms with E-state index >= 15 is 0 Å². The Balaban J connectivity index is 1.38. The van der Waals surface area contributed by atoms with Crippen molar-refractivity contribution in [2.75, 3.05) is 18.9 Å². The summed E-state index contributed by atoms with van der Waals surface area (Å²) in [4.78, 5) is 32.7. The second kappa shape index (κ2) is 11.3. The number of halogens is 3. The van der Waals surface area contributed by atoms with Crippen molar-refractivity contribution < 1.29 is 17.9 Å². The monoisotopic (exact) mass is 552 g/mol. The molecule has 1 aliphatic rings. The number of hydrogen-bond donors (Lipinski definition) is 1. The molecule has 208 valence electrons. The van der Waals surface area contributed by atoms with Crippen molar-refractivity contribution >= 4 is 11.5 Å². The average Bonchev–Trinajstić information content (AvgIpc) is 3.42. The highest BCUT2D eigenvalue weighted by atomic mass is 19.4. The molecule has 2 heterocycles. The molecule has 1 N–H and O–H groups in total. The topological polar surface area (TPSA) is 94.3 Å². The van der Waals surface area contributed by atoms with Gasteiger partial charge >= 0.3 is 6.36 Å². The quantitative estimate of drug-likeness (QED) is 0.335. The van der Waals surface area contributed by atoms with Crippen molar-refractivity contribution in [1.29, 1.82) is 0 Å². The van der Waals surface area contributed by atoms with Gasteiger partial charge in [0.15, 0.2) is 5.82 Å². The minimum Gasteiger partial charge on any atom is -0.406 e. The van der Waals surface area contributed by atoms with Gasteiger partial charge in [0.05, 0.1) is 18.2 Å². The van der Waals surface area contributed by atoms with E-state index in [0.717, 1.165) is 35.3 Å². The molecular formula is C28H27F3N6O3. The summed E-state index contributed by atoms with van der Waals surface area (Å²) in [7, 11) is 1.98. The molecule has 5 rings (SSSR count). The molecule has 2 aromatic carbocycles. The smallest absolute Gasteiger partial charge is 0.406 e. The van der Waals surface area contributed by atoms with Gasteiger partial charge in [-0.1, -0.05) is 30.3 Å². The minimum atomic E-state index is -4.82. The third-order valence-corrected chi connectivity index (χ3v) is 6.64. The summed E-state index contributed by atoms with van der Waals surface area (Å²) in [5.74, 6) is -0.0744. The van der Waals surface area contributed by atoms with E-state index in [1.807, 2.05) is 37.4 Å². The summed E-state index contributed by atoms with van der Waals surface area (Å²) in [5.41, 5.74) is 2.27. The average molecular weight is 553 g/mol. The molecule has 40 heavy (non-hydrogen) atoms. The van der Waals surface area contributed by atoms with E-state index < -0.39 is 12.1 Å². The zero-order chi connectivity index (χ0) is 28.3. The van der Waals surface area contributed by atoms with Crippen LogP contribution in [-0.2, 0) is 25.9 Å². The number of fused-ring (bicyclic) bond motifs is 1. The molecule has 0 atom stereocenters. The lowest BCUT2D eigenvalue weighted by molar-refractivity contribution is -0.274. The fraction of sp³-hybridized carbons (Fsp3) is 0.286. The number of aromatic nitrogens is 4. The standard InChI is InChI=1S/C28H27F3N6O3/c1-35(17-19-6-3-2-4-7-19)14-15-36-18-32-16-24(27(36)39)33-25-22-8-5-9-23(22)26(38)37(34-25)20-10-12-21(13-11-20)40-28(29,30)31/h2-4,6-7,10-13,16,18H,5,8-9,14-15,17H2,1H3,(H,33,34). The number of likely N-dealkylation sites (N-methyl/N-ethyl adjacent to an activating group) is 1. The van der Waals surface area contributed by atoms with Crippen molar-refractivity contribution in [3.8, 4) is 11.4 Å². The summed E-state index contributed by atoms with van der Waals surface area (Å²) < 4.78 is 44.2. The van der Waals surface area contributed by atoms with Gasteiger partial charge in [0.2, 0.25) is 0 Å². The normalized spacial score (nSPS) is 12.9. The largest absolute Gasteiger partial charge is 0.573 e. The Hall–Kier alpha value is -4.45. The minimum absolute atomic E-state index is 0.203. The maximum atomic E-state index is 13.3. The molecular weight excluding hydrogens is 525 g/mol. The number of anilines is 2. The molecule has 0 unspecified atom stereocenters. The van der Waals surface area contributed by atoms with Crippen molar-refractivity contribution in [2.24, 2.45) is 0 Å². The molecule has 0 aliphatic heterocycles. The van der Waals surface area contributed by atoms with Gasteiger partial charge in [-0.2, -0.15) is 4.68 Å². The number of ether oxygens (including phenoxy) is 1. The van der Waals surface area contributed by atoms with E-state index in [-0.39, 0.29) is 22.5 Å². The number of rotatable bonds is 9. The van der Waals surface area contributed by atoms with E-state index in [9.17, 15) is 22.8 Å². The molecule has 0 saturated carbocycles. The van der Waals surface area contributed by atoms with Crippen LogP contribution < -0.4 is 21.2 Å². The van der Waals surface area contributed by atoms with Gasteiger partial charge in [0.1, 0.15) is 11.4 Å². The highest BCUT2D eigenvalue weighted by molar-refractivity contribution is 5.60. The van der Waals surface area contributed by atoms with E-state index in [1.165, 1.54) is 34.8 Å². The van der Waals surface area contributed by atoms with Crippen LogP contribution in [0, 0.1) is 0 Å². The number of nitrogens with one attached hydrogen (secondary N) is 1. The molecule has 1 aliphatic carbocycles. The van der Waals surface area contributed by atoms with Gasteiger partial charge in [-0.25, -0.2) is 4.98 Å². The van der Waals surface area contributed by atoms with Crippen LogP contribution in [0.1, 0.15) is 23.1 Å². The van der Waals surface area contributed by atoms with Crippen molar-refractivity contribution in [3.05, 3.63) is 105 Å². The lowest BCUT2D eigenvalue weighted by Gasteiger charge is -2.18. The molecule has 0 radical (unpaired) electrons. The number of hydrogen-bond acceptors (Lipinski definition) is 7. The van der Waals surface area contributed by atoms with Gasteiger partial charge in [-0.3, -0.25) is 14.2 Å². The third kappa shape index (κ3) is 6.23. The first kappa shape index (κ1) is 27.1. The van der Waals surface area contributed by atoms with Crippen LogP contribution in [0.3, 0.4) is 0 Å². The second-order valence-corrected chi connectivity index (χ2v) is 9.57. The first-order chi connectivity index (χ1) is 19.2. The fourth-order valence-corrected chi connectivity index (χ4v) is 4.71. The van der Waals surface area contributed by atoms with Crippen LogP contribution >= 0.6 is 0 Å². The fourth-order valence-electron chi connectivity index (χ4n) is 4.71. The number of nitrogens with zero attached hydrogens (tertiary/aromatic N) is 5. The maximum Gasteiger partial charge on any atom is 0.573 e. The Kier molecular flexibility index (Phi) is 7.69. The van der Waals surface area contributed by atoms with E-state index in [0.29, 0.717) is 37.3 Å². The molecule has 0 saturated heterocycles. The summed E-state index contributed by atoms with van der Waals surface area (Å²) in [6.45, 7) is 1.77. The van der Waals surface area contributed by atoms with Crippen LogP contribution in [0.4, 0.5) is 24.7 Å². The van der Waals surface area contributed by atoms with E-state index in [4.69, 9.17) is 0 Å². The van der Waals surface area contributed by atoms with Gasteiger partial charge < -0.3 is 15.0 Å². The second-order valence-electron chi connectivity index (χ2n) is 9.57. The zero-order valence-electron chi connectivity index (χ0n) is 21.7. The lowest BCUT2D eigenvalue weighted by atomic mass is 10.2. The Bertz CT molecular complexity index is 1600. The first-order valence-corrected chi connectivity index (χ1v) is 12.7. The van der Waals surface area contributed by atoms with Crippen molar-refractivity contribution in [3.63, 3.8) is 0 Å². The highest BCUT2D eigenvalue weighted by Crippen LogP contribution is 2.28. The molecule has 9 nitrogen and oxygen atoms in total. The summed E-state index contributed by atoms with van der Waals surface area (Å²) in [5, 5.41) is 7.52. The Labute approximate surface area is 227 Å². The predicted octanol–water partition coefficient (Wildman–Crippen LogP) is 4.05. The van der Waals surface area contributed by atoms with Gasteiger partial charge in [-0.05, 0) is 56.1 Å². The van der Waals surface area contributed by atoms with E-state index in [2.05, 4.69) is 25.0 Å². The first-order valence-electron chi connectivity index (χ1n) is 12.7. The van der Waals surface area contributed by atoms with Gasteiger partial charge in [-0.15, -0.1) is 18.3 Å². The number of alkyl halides is 3. The summed E-state index contributed by atoms with van der Waals surface area (Å²) >= 11 is 0. The zero-order valence-corrected chi connectivity index (χ0v) is 21.7. The molecule has 12 heteroatoms. The third-order valence-electron chi connectivity index (χ3n) is 6.64. The Morgan fingerprint density at radius 2 is 1.73 bits per heavy atom. The molecule has 0 fully saturated rings. The maximum absolute atomic E-state index is 13.3. The Morgan fingerprint density at radius 3 is 2.45 bits per heavy atom. The Morgan fingerprint density at radius 1 is 1.00 bits per heavy atom. The summed E-state index contributed by atoms with van der Waals surface area (Å²) in [6, 6.07) is 14.9. The number of benzene rings is 2. The lowest BCUT2D eigenvalue weighted by Crippen LogP contribution is -2.30. The SMILES string of the molecule is CN(CCn1cncc(Nc2nn(-c3ccc(OC(F)(F)F)cc3)c(=O)c3c2CCC3)c1=O)Cc1ccccc1. The molecule has 2 aromatic heterocycles. The molecule has 0 bridgehead atoms. The van der Waals surface area contributed by atoms with Crippen LogP contribution in [0.15, 0.2) is 76.7 Å². The van der Waals surface area contributed by atoms with Crippen molar-refractivity contribution in [2.45, 2.75) is 38.7 Å². The highest BCUT2D eigenvalue weighted by Gasteiger charge is 2.31. The van der Waals surface area contributed by atoms with Gasteiger partial charge in [0.25, 0.3) is 11.1 Å². The van der Waals surface area contributed by atoms with E-state index in [1.54, 1.807) is 0 Å². The summed E-state index contributed by atoms with van der Waals surface area (Å²) in [6.07, 6.45) is -0.0471. The van der Waals surface area contributed by atoms with Crippen molar-refractivity contribution in [1.82, 2.24) is 24.2 Å². The van der Waals surface area contributed by atoms with Crippen LogP contribution in [0.25, 0.3) is 5.69 Å².